The molecule has 0 amide bonds. The third-order valence-corrected chi connectivity index (χ3v) is 4.61. The summed E-state index contributed by atoms with van der Waals surface area (Å²) in [5.41, 5.74) is 0. The van der Waals surface area contributed by atoms with Crippen molar-refractivity contribution in [1.82, 2.24) is 20.1 Å². The number of unbranched alkanes of at least 4 members (excludes halogenated alkanes) is 12. The van der Waals surface area contributed by atoms with Crippen molar-refractivity contribution in [2.24, 2.45) is 0 Å². The van der Waals surface area contributed by atoms with Gasteiger partial charge in [0.2, 0.25) is 0 Å². The topological polar surface area (TPSA) is 42.7 Å². The van der Waals surface area contributed by atoms with Crippen LogP contribution in [0.3, 0.4) is 0 Å². The molecule has 1 aromatic rings. The largest absolute Gasteiger partial charge is 0.298 e. The Morgan fingerprint density at radius 1 is 0.800 bits per heavy atom. The highest BCUT2D eigenvalue weighted by molar-refractivity contribution is 4.81. The number of nitrogens with one attached hydrogen (secondary N) is 1. The van der Waals surface area contributed by atoms with Crippen LogP contribution in [0.2, 0.25) is 0 Å². The molecule has 1 aromatic heterocycles. The van der Waals surface area contributed by atoms with Gasteiger partial charge in [0.05, 0.1) is 6.67 Å². The van der Waals surface area contributed by atoms with Gasteiger partial charge in [0.1, 0.15) is 12.7 Å². The van der Waals surface area contributed by atoms with Crippen LogP contribution in [0.1, 0.15) is 96.8 Å². The molecule has 144 valence electrons. The van der Waals surface area contributed by atoms with E-state index in [1.54, 1.807) is 12.7 Å². The van der Waals surface area contributed by atoms with Gasteiger partial charge in [-0.15, -0.1) is 0 Å². The molecule has 0 spiro atoms. The van der Waals surface area contributed by atoms with E-state index >= 15 is 0 Å². The van der Waals surface area contributed by atoms with Crippen LogP contribution in [0.15, 0.2) is 24.8 Å². The second-order valence-electron chi connectivity index (χ2n) is 7.03. The van der Waals surface area contributed by atoms with E-state index < -0.39 is 0 Å². The predicted molar refractivity (Wildman–Crippen MR) is 107 cm³/mol. The van der Waals surface area contributed by atoms with Gasteiger partial charge in [0.15, 0.2) is 0 Å². The summed E-state index contributed by atoms with van der Waals surface area (Å²) < 4.78 is 1.82. The van der Waals surface area contributed by atoms with E-state index in [0.29, 0.717) is 0 Å². The fourth-order valence-corrected chi connectivity index (χ4v) is 3.01. The van der Waals surface area contributed by atoms with Gasteiger partial charge in [-0.2, -0.15) is 5.10 Å². The Balaban J connectivity index is 1.70. The molecule has 0 aliphatic carbocycles. The Hall–Kier alpha value is -1.16. The summed E-state index contributed by atoms with van der Waals surface area (Å²) in [5.74, 6) is 0. The van der Waals surface area contributed by atoms with Crippen LogP contribution < -0.4 is 5.32 Å². The van der Waals surface area contributed by atoms with Crippen LogP contribution in [-0.2, 0) is 6.67 Å². The summed E-state index contributed by atoms with van der Waals surface area (Å²) in [6, 6.07) is 0. The van der Waals surface area contributed by atoms with Gasteiger partial charge < -0.3 is 0 Å². The molecular formula is C21H40N4. The van der Waals surface area contributed by atoms with Gasteiger partial charge in [-0.3, -0.25) is 5.32 Å². The third-order valence-electron chi connectivity index (χ3n) is 4.61. The van der Waals surface area contributed by atoms with Crippen LogP contribution >= 0.6 is 0 Å². The molecule has 1 N–H and O–H groups in total. The van der Waals surface area contributed by atoms with E-state index in [0.717, 1.165) is 13.2 Å². The Bertz CT molecular complexity index is 387. The molecule has 0 saturated heterocycles. The normalized spacial score (nSPS) is 11.6. The number of nitrogens with zero attached hydrogens (tertiary/aromatic N) is 3. The van der Waals surface area contributed by atoms with E-state index in [1.165, 1.54) is 89.9 Å². The molecule has 0 aliphatic heterocycles. The lowest BCUT2D eigenvalue weighted by molar-refractivity contribution is 0.489. The first kappa shape index (κ1) is 21.9. The maximum absolute atomic E-state index is 4.07. The summed E-state index contributed by atoms with van der Waals surface area (Å²) in [5, 5.41) is 7.46. The molecule has 0 aromatic carbocycles. The number of allylic oxidation sites excluding steroid dienone is 2. The minimum Gasteiger partial charge on any atom is -0.298 e. The first-order chi connectivity index (χ1) is 12.4. The lowest BCUT2D eigenvalue weighted by Crippen LogP contribution is -2.19. The maximum Gasteiger partial charge on any atom is 0.137 e. The van der Waals surface area contributed by atoms with Crippen LogP contribution in [-0.4, -0.2) is 21.3 Å². The number of rotatable bonds is 18. The van der Waals surface area contributed by atoms with E-state index in [1.807, 2.05) is 4.68 Å². The molecule has 0 fully saturated rings. The Morgan fingerprint density at radius 3 is 2.00 bits per heavy atom. The second-order valence-corrected chi connectivity index (χ2v) is 7.03. The van der Waals surface area contributed by atoms with Crippen molar-refractivity contribution in [3.05, 3.63) is 24.8 Å². The first-order valence-corrected chi connectivity index (χ1v) is 10.6. The fourth-order valence-electron chi connectivity index (χ4n) is 3.01. The number of hydrogen-bond donors (Lipinski definition) is 1. The van der Waals surface area contributed by atoms with Crippen molar-refractivity contribution in [1.29, 1.82) is 0 Å². The summed E-state index contributed by atoms with van der Waals surface area (Å²) in [7, 11) is 0. The lowest BCUT2D eigenvalue weighted by Gasteiger charge is -2.04. The van der Waals surface area contributed by atoms with Crippen molar-refractivity contribution in [2.75, 3.05) is 6.54 Å². The zero-order valence-corrected chi connectivity index (χ0v) is 16.5. The van der Waals surface area contributed by atoms with Crippen LogP contribution in [0.25, 0.3) is 0 Å². The van der Waals surface area contributed by atoms with Gasteiger partial charge in [0, 0.05) is 0 Å². The SMILES string of the molecule is CCCCCCCC/C=C\CCCCCCCCNCn1cncn1. The van der Waals surface area contributed by atoms with Crippen molar-refractivity contribution in [3.63, 3.8) is 0 Å². The van der Waals surface area contributed by atoms with Crippen LogP contribution in [0.4, 0.5) is 0 Å². The fraction of sp³-hybridized carbons (Fsp3) is 0.810. The summed E-state index contributed by atoms with van der Waals surface area (Å²) >= 11 is 0. The minimum atomic E-state index is 0.769. The van der Waals surface area contributed by atoms with Crippen LogP contribution in [0.5, 0.6) is 0 Å². The Kier molecular flexibility index (Phi) is 15.5. The average Bonchev–Trinajstić information content (AvgIpc) is 3.14. The molecule has 0 unspecified atom stereocenters. The molecule has 0 saturated carbocycles. The molecule has 0 atom stereocenters. The van der Waals surface area contributed by atoms with Gasteiger partial charge in [-0.25, -0.2) is 9.67 Å². The third kappa shape index (κ3) is 14.9. The number of aromatic nitrogens is 3. The minimum absolute atomic E-state index is 0.769. The molecule has 0 aliphatic rings. The summed E-state index contributed by atoms with van der Waals surface area (Å²) in [6.45, 7) is 4.12. The Labute approximate surface area is 155 Å². The van der Waals surface area contributed by atoms with E-state index in [-0.39, 0.29) is 0 Å². The smallest absolute Gasteiger partial charge is 0.137 e. The monoisotopic (exact) mass is 348 g/mol. The molecule has 1 heterocycles. The van der Waals surface area contributed by atoms with E-state index in [4.69, 9.17) is 0 Å². The quantitative estimate of drug-likeness (QED) is 0.267. The summed E-state index contributed by atoms with van der Waals surface area (Å²) in [6.07, 6.45) is 27.2. The molecule has 0 bridgehead atoms. The average molecular weight is 349 g/mol. The first-order valence-electron chi connectivity index (χ1n) is 10.6. The standard InChI is InChI=1S/C21H40N4/c1-2-3-4-5-6-7-8-9-10-11-12-13-14-15-16-17-18-22-20-25-21-23-19-24-25/h9-10,19,21-22H,2-8,11-18,20H2,1H3/b10-9-. The van der Waals surface area contributed by atoms with Crippen molar-refractivity contribution < 1.29 is 0 Å². The van der Waals surface area contributed by atoms with Gasteiger partial charge in [-0.05, 0) is 38.6 Å². The molecule has 1 rings (SSSR count). The highest BCUT2D eigenvalue weighted by Gasteiger charge is 1.93. The maximum atomic E-state index is 4.07. The van der Waals surface area contributed by atoms with E-state index in [2.05, 4.69) is 34.5 Å². The molecule has 25 heavy (non-hydrogen) atoms. The van der Waals surface area contributed by atoms with Gasteiger partial charge in [0.25, 0.3) is 0 Å². The van der Waals surface area contributed by atoms with Crippen molar-refractivity contribution in [3.8, 4) is 0 Å². The highest BCUT2D eigenvalue weighted by Crippen LogP contribution is 2.09. The zero-order valence-electron chi connectivity index (χ0n) is 16.5. The second kappa shape index (κ2) is 17.7. The lowest BCUT2D eigenvalue weighted by atomic mass is 10.1. The Morgan fingerprint density at radius 2 is 1.40 bits per heavy atom. The number of hydrogen-bond acceptors (Lipinski definition) is 3. The van der Waals surface area contributed by atoms with E-state index in [9.17, 15) is 0 Å². The zero-order chi connectivity index (χ0) is 17.8. The van der Waals surface area contributed by atoms with Crippen molar-refractivity contribution in [2.45, 2.75) is 103 Å². The molecule has 4 nitrogen and oxygen atoms in total. The van der Waals surface area contributed by atoms with Crippen molar-refractivity contribution >= 4 is 0 Å². The van der Waals surface area contributed by atoms with Crippen LogP contribution in [0, 0.1) is 0 Å². The molecule has 0 radical (unpaired) electrons. The molecule has 4 heteroatoms. The summed E-state index contributed by atoms with van der Waals surface area (Å²) in [4.78, 5) is 3.93. The highest BCUT2D eigenvalue weighted by atomic mass is 15.4. The van der Waals surface area contributed by atoms with Gasteiger partial charge in [-0.1, -0.05) is 76.9 Å². The molecular weight excluding hydrogens is 308 g/mol. The predicted octanol–water partition coefficient (Wildman–Crippen LogP) is 5.86. The van der Waals surface area contributed by atoms with Gasteiger partial charge >= 0.3 is 0 Å².